The summed E-state index contributed by atoms with van der Waals surface area (Å²) in [6.07, 6.45) is 79.3. The Labute approximate surface area is 474 Å². The first-order chi connectivity index (χ1) is 37.5. The highest BCUT2D eigenvalue weighted by atomic mass is 16.6. The molecule has 0 amide bonds. The number of carbonyl (C=O) groups excluding carboxylic acids is 3. The van der Waals surface area contributed by atoms with E-state index in [0.717, 1.165) is 83.5 Å². The monoisotopic (exact) mass is 1070 g/mol. The minimum absolute atomic E-state index is 0.0695. The molecule has 6 nitrogen and oxygen atoms in total. The molecule has 0 spiro atoms. The van der Waals surface area contributed by atoms with Gasteiger partial charge in [0.2, 0.25) is 0 Å². The third-order valence-corrected chi connectivity index (χ3v) is 15.7. The highest BCUT2D eigenvalue weighted by Crippen LogP contribution is 2.19. The van der Waals surface area contributed by atoms with Gasteiger partial charge >= 0.3 is 17.9 Å². The minimum Gasteiger partial charge on any atom is -0.462 e. The summed E-state index contributed by atoms with van der Waals surface area (Å²) in [7, 11) is 0. The Bertz CT molecular complexity index is 1230. The fourth-order valence-corrected chi connectivity index (χ4v) is 10.5. The fourth-order valence-electron chi connectivity index (χ4n) is 10.5. The summed E-state index contributed by atoms with van der Waals surface area (Å²) in [5.74, 6) is -0.855. The number of carbonyl (C=O) groups is 3. The van der Waals surface area contributed by atoms with E-state index in [0.29, 0.717) is 19.3 Å². The minimum atomic E-state index is -0.773. The van der Waals surface area contributed by atoms with Crippen LogP contribution in [0.2, 0.25) is 0 Å². The van der Waals surface area contributed by atoms with Crippen LogP contribution in [0.15, 0.2) is 24.3 Å². The van der Waals surface area contributed by atoms with E-state index in [9.17, 15) is 14.4 Å². The maximum absolute atomic E-state index is 12.9. The largest absolute Gasteiger partial charge is 0.462 e. The van der Waals surface area contributed by atoms with Crippen LogP contribution in [-0.2, 0) is 28.6 Å². The van der Waals surface area contributed by atoms with Gasteiger partial charge in [0.1, 0.15) is 13.2 Å². The Morgan fingerprint density at radius 1 is 0.263 bits per heavy atom. The molecule has 0 aromatic carbocycles. The lowest BCUT2D eigenvalue weighted by molar-refractivity contribution is -0.167. The van der Waals surface area contributed by atoms with Crippen molar-refractivity contribution in [1.82, 2.24) is 0 Å². The van der Waals surface area contributed by atoms with Gasteiger partial charge in [-0.1, -0.05) is 347 Å². The summed E-state index contributed by atoms with van der Waals surface area (Å²) in [6.45, 7) is 6.64. The molecule has 0 aromatic heterocycles. The third-order valence-electron chi connectivity index (χ3n) is 15.7. The van der Waals surface area contributed by atoms with Gasteiger partial charge in [0.15, 0.2) is 6.10 Å². The highest BCUT2D eigenvalue weighted by Gasteiger charge is 2.19. The van der Waals surface area contributed by atoms with Crippen LogP contribution in [0, 0.1) is 0 Å². The SMILES string of the molecule is CCC/C=C\C/C=C\CCCCCCCC(=O)OCC(COC(=O)CCCCCCCCCCCCCCCCCCCCCCCCCCCCCC)OC(=O)CCCCCCCCCCCCCCCCCCC. The lowest BCUT2D eigenvalue weighted by Crippen LogP contribution is -2.30. The van der Waals surface area contributed by atoms with Crippen molar-refractivity contribution in [3.8, 4) is 0 Å². The molecule has 0 saturated heterocycles. The summed E-state index contributed by atoms with van der Waals surface area (Å²) >= 11 is 0. The summed E-state index contributed by atoms with van der Waals surface area (Å²) < 4.78 is 16.9. The molecule has 0 rings (SSSR count). The van der Waals surface area contributed by atoms with Gasteiger partial charge in [-0.25, -0.2) is 0 Å². The van der Waals surface area contributed by atoms with Crippen LogP contribution in [0.25, 0.3) is 0 Å². The first-order valence-corrected chi connectivity index (χ1v) is 34.3. The maximum Gasteiger partial charge on any atom is 0.306 e. The lowest BCUT2D eigenvalue weighted by Gasteiger charge is -2.18. The average Bonchev–Trinajstić information content (AvgIpc) is 3.42. The fraction of sp³-hybridized carbons (Fsp3) is 0.900. The Hall–Kier alpha value is -2.11. The Morgan fingerprint density at radius 2 is 0.500 bits per heavy atom. The molecule has 0 N–H and O–H groups in total. The number of esters is 3. The van der Waals surface area contributed by atoms with Gasteiger partial charge in [-0.2, -0.15) is 0 Å². The van der Waals surface area contributed by atoms with E-state index in [2.05, 4.69) is 45.1 Å². The second-order valence-corrected chi connectivity index (χ2v) is 23.5. The van der Waals surface area contributed by atoms with Crippen LogP contribution < -0.4 is 0 Å². The van der Waals surface area contributed by atoms with Crippen molar-refractivity contribution in [3.05, 3.63) is 24.3 Å². The second kappa shape index (κ2) is 65.4. The maximum atomic E-state index is 12.9. The summed E-state index contributed by atoms with van der Waals surface area (Å²) in [5, 5.41) is 0. The van der Waals surface area contributed by atoms with Crippen molar-refractivity contribution >= 4 is 17.9 Å². The Morgan fingerprint density at radius 3 is 0.776 bits per heavy atom. The molecular formula is C70H132O6. The van der Waals surface area contributed by atoms with Gasteiger partial charge in [-0.05, 0) is 44.9 Å². The molecule has 0 heterocycles. The second-order valence-electron chi connectivity index (χ2n) is 23.5. The van der Waals surface area contributed by atoms with Gasteiger partial charge in [0.25, 0.3) is 0 Å². The van der Waals surface area contributed by atoms with Crippen molar-refractivity contribution in [3.63, 3.8) is 0 Å². The molecule has 1 unspecified atom stereocenters. The Kier molecular flexibility index (Phi) is 63.6. The van der Waals surface area contributed by atoms with E-state index in [1.165, 1.54) is 263 Å². The molecule has 0 saturated carbocycles. The standard InChI is InChI=1S/C70H132O6/c1-4-7-10-13-16-19-22-25-27-29-30-31-32-33-34-35-36-37-38-39-41-42-45-48-51-54-57-60-63-69(72)75-66-67(65-74-68(71)62-59-56-53-50-47-44-24-21-18-15-12-9-6-3)76-70(73)64-61-58-55-52-49-46-43-40-28-26-23-20-17-14-11-8-5-2/h12,15,21,24,67H,4-11,13-14,16-20,22-23,25-66H2,1-3H3/b15-12-,24-21-. The molecule has 0 radical (unpaired) electrons. The molecule has 0 aliphatic rings. The first kappa shape index (κ1) is 73.9. The van der Waals surface area contributed by atoms with E-state index < -0.39 is 6.10 Å². The van der Waals surface area contributed by atoms with Crippen LogP contribution in [0.4, 0.5) is 0 Å². The number of hydrogen-bond acceptors (Lipinski definition) is 6. The smallest absolute Gasteiger partial charge is 0.306 e. The molecule has 0 fully saturated rings. The first-order valence-electron chi connectivity index (χ1n) is 34.3. The van der Waals surface area contributed by atoms with E-state index in [4.69, 9.17) is 14.2 Å². The third kappa shape index (κ3) is 62.7. The molecule has 76 heavy (non-hydrogen) atoms. The number of unbranched alkanes of at least 4 members (excludes halogenated alkanes) is 49. The van der Waals surface area contributed by atoms with Crippen molar-refractivity contribution < 1.29 is 28.6 Å². The van der Waals surface area contributed by atoms with Gasteiger partial charge in [0.05, 0.1) is 0 Å². The summed E-state index contributed by atoms with van der Waals surface area (Å²) in [5.41, 5.74) is 0. The highest BCUT2D eigenvalue weighted by molar-refractivity contribution is 5.71. The van der Waals surface area contributed by atoms with Crippen molar-refractivity contribution in [2.45, 2.75) is 393 Å². The number of hydrogen-bond donors (Lipinski definition) is 0. The quantitative estimate of drug-likeness (QED) is 0.0261. The zero-order chi connectivity index (χ0) is 55.0. The van der Waals surface area contributed by atoms with Gasteiger partial charge in [-0.3, -0.25) is 14.4 Å². The van der Waals surface area contributed by atoms with E-state index >= 15 is 0 Å². The molecule has 0 aliphatic heterocycles. The summed E-state index contributed by atoms with van der Waals surface area (Å²) in [6, 6.07) is 0. The Balaban J connectivity index is 4.16. The van der Waals surface area contributed by atoms with Crippen LogP contribution in [-0.4, -0.2) is 37.2 Å². The van der Waals surface area contributed by atoms with Gasteiger partial charge in [-0.15, -0.1) is 0 Å². The molecule has 1 atom stereocenters. The van der Waals surface area contributed by atoms with Crippen molar-refractivity contribution in [2.75, 3.05) is 13.2 Å². The van der Waals surface area contributed by atoms with Gasteiger partial charge in [0, 0.05) is 19.3 Å². The zero-order valence-electron chi connectivity index (χ0n) is 51.6. The van der Waals surface area contributed by atoms with E-state index in [1.54, 1.807) is 0 Å². The normalized spacial score (nSPS) is 12.1. The van der Waals surface area contributed by atoms with Crippen LogP contribution >= 0.6 is 0 Å². The van der Waals surface area contributed by atoms with Crippen molar-refractivity contribution in [2.24, 2.45) is 0 Å². The molecular weight excluding hydrogens is 937 g/mol. The zero-order valence-corrected chi connectivity index (χ0v) is 51.6. The molecule has 448 valence electrons. The van der Waals surface area contributed by atoms with Gasteiger partial charge < -0.3 is 14.2 Å². The summed E-state index contributed by atoms with van der Waals surface area (Å²) in [4.78, 5) is 38.3. The number of allylic oxidation sites excluding steroid dienone is 4. The van der Waals surface area contributed by atoms with E-state index in [1.807, 2.05) is 0 Å². The average molecular weight is 1070 g/mol. The molecule has 0 aliphatic carbocycles. The topological polar surface area (TPSA) is 78.9 Å². The van der Waals surface area contributed by atoms with E-state index in [-0.39, 0.29) is 31.1 Å². The van der Waals surface area contributed by atoms with Crippen LogP contribution in [0.5, 0.6) is 0 Å². The number of ether oxygens (including phenoxy) is 3. The van der Waals surface area contributed by atoms with Crippen LogP contribution in [0.1, 0.15) is 387 Å². The molecule has 0 bridgehead atoms. The lowest BCUT2D eigenvalue weighted by atomic mass is 10.0. The predicted octanol–water partition coefficient (Wildman–Crippen LogP) is 23.4. The number of rotatable bonds is 64. The molecule has 6 heteroatoms. The molecule has 0 aromatic rings. The van der Waals surface area contributed by atoms with Crippen LogP contribution in [0.3, 0.4) is 0 Å². The van der Waals surface area contributed by atoms with Crippen molar-refractivity contribution in [1.29, 1.82) is 0 Å². The predicted molar refractivity (Wildman–Crippen MR) is 330 cm³/mol.